The van der Waals surface area contributed by atoms with Crippen LogP contribution in [0.4, 0.5) is 5.82 Å². The zero-order valence-corrected chi connectivity index (χ0v) is 15.5. The number of fused-ring (bicyclic) bond motifs is 1. The number of hydrazone groups is 1. The molecule has 1 aliphatic rings. The Morgan fingerprint density at radius 2 is 2.19 bits per heavy atom. The van der Waals surface area contributed by atoms with Crippen LogP contribution in [0, 0.1) is 12.8 Å². The van der Waals surface area contributed by atoms with Crippen LogP contribution in [0.5, 0.6) is 0 Å². The summed E-state index contributed by atoms with van der Waals surface area (Å²) >= 11 is 6.09. The van der Waals surface area contributed by atoms with Crippen LogP contribution in [0.1, 0.15) is 24.0 Å². The summed E-state index contributed by atoms with van der Waals surface area (Å²) in [4.78, 5) is 30.9. The third-order valence-electron chi connectivity index (χ3n) is 4.68. The number of pyridine rings is 1. The first kappa shape index (κ1) is 17.5. The topological polar surface area (TPSA) is 92.1 Å². The van der Waals surface area contributed by atoms with Crippen LogP contribution >= 0.6 is 11.6 Å². The van der Waals surface area contributed by atoms with E-state index < -0.39 is 11.2 Å². The molecule has 138 valence electrons. The van der Waals surface area contributed by atoms with E-state index in [0.717, 1.165) is 29.3 Å². The number of nitrogens with zero attached hydrogens (tertiary/aromatic N) is 3. The zero-order valence-electron chi connectivity index (χ0n) is 14.7. The fourth-order valence-electron chi connectivity index (χ4n) is 2.96. The number of anilines is 1. The highest BCUT2D eigenvalue weighted by molar-refractivity contribution is 6.31. The second kappa shape index (κ2) is 7.00. The maximum absolute atomic E-state index is 12.2. The van der Waals surface area contributed by atoms with Crippen molar-refractivity contribution in [3.05, 3.63) is 67.4 Å². The van der Waals surface area contributed by atoms with Crippen LogP contribution < -0.4 is 16.7 Å². The smallest absolute Gasteiger partial charge is 0.278 e. The Balaban J connectivity index is 1.69. The molecule has 27 heavy (non-hydrogen) atoms. The van der Waals surface area contributed by atoms with E-state index in [0.29, 0.717) is 28.9 Å². The first-order chi connectivity index (χ1) is 13.0. The molecule has 0 radical (unpaired) electrons. The van der Waals surface area contributed by atoms with Crippen molar-refractivity contribution in [2.24, 2.45) is 11.0 Å². The molecule has 4 rings (SSSR count). The van der Waals surface area contributed by atoms with Gasteiger partial charge in [-0.05, 0) is 49.9 Å². The minimum absolute atomic E-state index is 0.411. The molecule has 0 saturated heterocycles. The van der Waals surface area contributed by atoms with Gasteiger partial charge in [0.25, 0.3) is 5.56 Å². The quantitative estimate of drug-likeness (QED) is 0.523. The standard InChI is InChI=1S/C19H18ClN5O2/c1-11-17(25(10-12-2-3-12)19(27)23-18(11)26)24-22-9-13-6-7-21-16-5-4-14(20)8-15(13)16/h4-9,12,24H,2-3,10H2,1H3,(H,23,26,27). The molecule has 0 atom stereocenters. The van der Waals surface area contributed by atoms with Gasteiger partial charge in [0, 0.05) is 28.7 Å². The Labute approximate surface area is 159 Å². The number of H-pyrrole nitrogens is 1. The number of rotatable bonds is 5. The van der Waals surface area contributed by atoms with E-state index in [1.807, 2.05) is 18.2 Å². The van der Waals surface area contributed by atoms with Gasteiger partial charge in [-0.3, -0.25) is 24.8 Å². The minimum Gasteiger partial charge on any atom is -0.278 e. The summed E-state index contributed by atoms with van der Waals surface area (Å²) in [6.07, 6.45) is 5.51. The largest absolute Gasteiger partial charge is 0.329 e. The molecule has 3 aromatic rings. The van der Waals surface area contributed by atoms with Gasteiger partial charge >= 0.3 is 5.69 Å². The highest BCUT2D eigenvalue weighted by Crippen LogP contribution is 2.31. The van der Waals surface area contributed by atoms with Crippen molar-refractivity contribution in [3.63, 3.8) is 0 Å². The third kappa shape index (κ3) is 3.64. The van der Waals surface area contributed by atoms with Gasteiger partial charge in [0.15, 0.2) is 0 Å². The number of nitrogens with one attached hydrogen (secondary N) is 2. The number of hydrogen-bond donors (Lipinski definition) is 2. The molecule has 8 heteroatoms. The van der Waals surface area contributed by atoms with Crippen LogP contribution in [-0.4, -0.2) is 20.7 Å². The molecule has 1 aliphatic carbocycles. The van der Waals surface area contributed by atoms with Gasteiger partial charge in [0.2, 0.25) is 0 Å². The van der Waals surface area contributed by atoms with E-state index >= 15 is 0 Å². The number of aromatic nitrogens is 3. The Bertz CT molecular complexity index is 1160. The van der Waals surface area contributed by atoms with E-state index in [2.05, 4.69) is 20.5 Å². The molecule has 2 aromatic heterocycles. The molecule has 0 amide bonds. The molecule has 0 spiro atoms. The molecule has 2 N–H and O–H groups in total. The number of halogens is 1. The number of benzene rings is 1. The summed E-state index contributed by atoms with van der Waals surface area (Å²) in [5, 5.41) is 5.75. The van der Waals surface area contributed by atoms with Crippen LogP contribution in [-0.2, 0) is 6.54 Å². The Morgan fingerprint density at radius 3 is 2.96 bits per heavy atom. The lowest BCUT2D eigenvalue weighted by Crippen LogP contribution is -2.33. The van der Waals surface area contributed by atoms with Crippen molar-refractivity contribution >= 4 is 34.5 Å². The van der Waals surface area contributed by atoms with Gasteiger partial charge in [0.1, 0.15) is 5.82 Å². The lowest BCUT2D eigenvalue weighted by molar-refractivity contribution is 0.592. The number of hydrogen-bond acceptors (Lipinski definition) is 5. The van der Waals surface area contributed by atoms with Crippen molar-refractivity contribution in [2.45, 2.75) is 26.3 Å². The van der Waals surface area contributed by atoms with Crippen LogP contribution in [0.3, 0.4) is 0 Å². The van der Waals surface area contributed by atoms with Crippen molar-refractivity contribution in [2.75, 3.05) is 5.43 Å². The predicted molar refractivity (Wildman–Crippen MR) is 107 cm³/mol. The second-order valence-corrected chi connectivity index (χ2v) is 7.15. The van der Waals surface area contributed by atoms with E-state index in [-0.39, 0.29) is 0 Å². The van der Waals surface area contributed by atoms with Crippen LogP contribution in [0.25, 0.3) is 10.9 Å². The lowest BCUT2D eigenvalue weighted by atomic mass is 10.1. The molecule has 0 unspecified atom stereocenters. The second-order valence-electron chi connectivity index (χ2n) is 6.72. The van der Waals surface area contributed by atoms with Crippen LogP contribution in [0.2, 0.25) is 5.02 Å². The van der Waals surface area contributed by atoms with Crippen LogP contribution in [0.15, 0.2) is 45.2 Å². The first-order valence-corrected chi connectivity index (χ1v) is 9.08. The Hall–Kier alpha value is -2.93. The normalized spacial score (nSPS) is 14.1. The van der Waals surface area contributed by atoms with Crippen molar-refractivity contribution in [1.29, 1.82) is 0 Å². The van der Waals surface area contributed by atoms with E-state index in [4.69, 9.17) is 11.6 Å². The highest BCUT2D eigenvalue weighted by atomic mass is 35.5. The van der Waals surface area contributed by atoms with Gasteiger partial charge in [-0.2, -0.15) is 5.10 Å². The van der Waals surface area contributed by atoms with Crippen molar-refractivity contribution < 1.29 is 0 Å². The van der Waals surface area contributed by atoms with E-state index in [1.165, 1.54) is 0 Å². The molecule has 1 saturated carbocycles. The fourth-order valence-corrected chi connectivity index (χ4v) is 3.13. The first-order valence-electron chi connectivity index (χ1n) is 8.70. The summed E-state index contributed by atoms with van der Waals surface area (Å²) in [5.74, 6) is 0.895. The SMILES string of the molecule is Cc1c(NN=Cc2ccnc3ccc(Cl)cc23)n(CC2CC2)c(=O)[nH]c1=O. The third-order valence-corrected chi connectivity index (χ3v) is 4.92. The maximum atomic E-state index is 12.2. The Kier molecular flexibility index (Phi) is 4.53. The van der Waals surface area contributed by atoms with Gasteiger partial charge in [-0.25, -0.2) is 4.79 Å². The summed E-state index contributed by atoms with van der Waals surface area (Å²) in [7, 11) is 0. The maximum Gasteiger partial charge on any atom is 0.329 e. The van der Waals surface area contributed by atoms with Gasteiger partial charge in [-0.1, -0.05) is 11.6 Å². The van der Waals surface area contributed by atoms with Crippen molar-refractivity contribution in [1.82, 2.24) is 14.5 Å². The van der Waals surface area contributed by atoms with Gasteiger partial charge in [-0.15, -0.1) is 0 Å². The minimum atomic E-state index is -0.420. The van der Waals surface area contributed by atoms with E-state index in [1.54, 1.807) is 30.0 Å². The summed E-state index contributed by atoms with van der Waals surface area (Å²) in [6.45, 7) is 2.24. The molecule has 1 aromatic carbocycles. The summed E-state index contributed by atoms with van der Waals surface area (Å²) in [6, 6.07) is 7.28. The zero-order chi connectivity index (χ0) is 19.0. The average molecular weight is 384 g/mol. The van der Waals surface area contributed by atoms with E-state index in [9.17, 15) is 9.59 Å². The molecule has 2 heterocycles. The summed E-state index contributed by atoms with van der Waals surface area (Å²) in [5.41, 5.74) is 4.11. The van der Waals surface area contributed by atoms with Gasteiger partial charge in [0.05, 0.1) is 17.3 Å². The Morgan fingerprint density at radius 1 is 1.37 bits per heavy atom. The molecular formula is C19H18ClN5O2. The average Bonchev–Trinajstić information content (AvgIpc) is 3.46. The van der Waals surface area contributed by atoms with Crippen molar-refractivity contribution in [3.8, 4) is 0 Å². The molecule has 1 fully saturated rings. The molecule has 0 aliphatic heterocycles. The number of aromatic amines is 1. The molecular weight excluding hydrogens is 366 g/mol. The molecule has 7 nitrogen and oxygen atoms in total. The monoisotopic (exact) mass is 383 g/mol. The lowest BCUT2D eigenvalue weighted by Gasteiger charge is -2.13. The fraction of sp³-hybridized carbons (Fsp3) is 0.263. The highest BCUT2D eigenvalue weighted by Gasteiger charge is 2.24. The molecule has 0 bridgehead atoms. The van der Waals surface area contributed by atoms with Gasteiger partial charge < -0.3 is 0 Å². The predicted octanol–water partition coefficient (Wildman–Crippen LogP) is 2.90. The summed E-state index contributed by atoms with van der Waals surface area (Å²) < 4.78 is 1.55.